The molecule has 78 valence electrons. The average Bonchev–Trinajstić information content (AvgIpc) is 2.92. The fourth-order valence-corrected chi connectivity index (χ4v) is 1.70. The predicted octanol–water partition coefficient (Wildman–Crippen LogP) is 0.317. The summed E-state index contributed by atoms with van der Waals surface area (Å²) >= 11 is 6.13. The molecule has 0 aliphatic heterocycles. The lowest BCUT2D eigenvalue weighted by Crippen LogP contribution is -2.24. The molecular weight excluding hydrogens is 202 g/mol. The summed E-state index contributed by atoms with van der Waals surface area (Å²) in [4.78, 5) is 1.45. The van der Waals surface area contributed by atoms with Crippen LogP contribution in [0.25, 0.3) is 0 Å². The Balaban J connectivity index is 1.67. The Hall–Kier alpha value is -0.680. The first-order valence-corrected chi connectivity index (χ1v) is 5.27. The fraction of sp³-hybridized carbons (Fsp3) is 0.875. The number of aromatic nitrogens is 4. The summed E-state index contributed by atoms with van der Waals surface area (Å²) in [6, 6.07) is 0. The fourth-order valence-electron chi connectivity index (χ4n) is 1.34. The van der Waals surface area contributed by atoms with Gasteiger partial charge in [0.2, 0.25) is 0 Å². The van der Waals surface area contributed by atoms with E-state index in [0.717, 1.165) is 12.5 Å². The molecule has 5 nitrogen and oxygen atoms in total. The zero-order valence-corrected chi connectivity index (χ0v) is 8.91. The van der Waals surface area contributed by atoms with Gasteiger partial charge >= 0.3 is 0 Å². The third-order valence-electron chi connectivity index (χ3n) is 2.31. The van der Waals surface area contributed by atoms with Crippen molar-refractivity contribution in [2.75, 3.05) is 6.54 Å². The third-order valence-corrected chi connectivity index (χ3v) is 2.82. The van der Waals surface area contributed by atoms with Crippen molar-refractivity contribution < 1.29 is 0 Å². The van der Waals surface area contributed by atoms with E-state index in [-0.39, 0.29) is 5.38 Å². The van der Waals surface area contributed by atoms with Gasteiger partial charge in [-0.3, -0.25) is 0 Å². The number of nitrogens with one attached hydrogen (secondary N) is 1. The summed E-state index contributed by atoms with van der Waals surface area (Å²) < 4.78 is 0. The standard InChI is InChI=1S/C8H14ClN5/c1-14-12-8(11-13-14)5-10-4-7(9)6-2-3-6/h6-7,10H,2-5H2,1H3. The van der Waals surface area contributed by atoms with E-state index in [1.807, 2.05) is 0 Å². The molecule has 0 spiro atoms. The van der Waals surface area contributed by atoms with Crippen LogP contribution >= 0.6 is 11.6 Å². The molecule has 0 aromatic carbocycles. The smallest absolute Gasteiger partial charge is 0.188 e. The minimum absolute atomic E-state index is 0.256. The highest BCUT2D eigenvalue weighted by molar-refractivity contribution is 6.21. The molecule has 1 aromatic rings. The molecule has 0 radical (unpaired) electrons. The normalized spacial score (nSPS) is 18.4. The SMILES string of the molecule is Cn1nnc(CNCC(Cl)C2CC2)n1. The van der Waals surface area contributed by atoms with Crippen LogP contribution in [0.1, 0.15) is 18.7 Å². The Morgan fingerprint density at radius 3 is 3.00 bits per heavy atom. The maximum absolute atomic E-state index is 6.13. The van der Waals surface area contributed by atoms with Crippen LogP contribution in [0, 0.1) is 5.92 Å². The number of aryl methyl sites for hydroxylation is 1. The van der Waals surface area contributed by atoms with E-state index >= 15 is 0 Å². The van der Waals surface area contributed by atoms with Crippen LogP contribution in [-0.4, -0.2) is 32.1 Å². The molecule has 14 heavy (non-hydrogen) atoms. The molecule has 0 bridgehead atoms. The maximum atomic E-state index is 6.13. The van der Waals surface area contributed by atoms with Crippen LogP contribution in [-0.2, 0) is 13.6 Å². The van der Waals surface area contributed by atoms with Gasteiger partial charge in [0.15, 0.2) is 5.82 Å². The Labute approximate surface area is 87.8 Å². The lowest BCUT2D eigenvalue weighted by Gasteiger charge is -2.07. The number of halogens is 1. The van der Waals surface area contributed by atoms with E-state index < -0.39 is 0 Å². The van der Waals surface area contributed by atoms with Gasteiger partial charge < -0.3 is 5.32 Å². The second-order valence-corrected chi connectivity index (χ2v) is 4.24. The average molecular weight is 216 g/mol. The third kappa shape index (κ3) is 2.65. The zero-order chi connectivity index (χ0) is 9.97. The van der Waals surface area contributed by atoms with E-state index in [0.29, 0.717) is 12.4 Å². The Morgan fingerprint density at radius 2 is 2.43 bits per heavy atom. The van der Waals surface area contributed by atoms with Crippen molar-refractivity contribution in [1.82, 2.24) is 25.5 Å². The highest BCUT2D eigenvalue weighted by atomic mass is 35.5. The molecule has 1 aromatic heterocycles. The lowest BCUT2D eigenvalue weighted by atomic mass is 10.3. The molecule has 1 heterocycles. The minimum atomic E-state index is 0.256. The second kappa shape index (κ2) is 4.23. The van der Waals surface area contributed by atoms with Crippen molar-refractivity contribution in [3.05, 3.63) is 5.82 Å². The monoisotopic (exact) mass is 215 g/mol. The molecule has 1 aliphatic rings. The summed E-state index contributed by atoms with van der Waals surface area (Å²) in [6.45, 7) is 1.47. The van der Waals surface area contributed by atoms with Gasteiger partial charge in [-0.15, -0.1) is 21.8 Å². The van der Waals surface area contributed by atoms with E-state index in [2.05, 4.69) is 20.7 Å². The molecule has 1 unspecified atom stereocenters. The first-order chi connectivity index (χ1) is 6.75. The first-order valence-electron chi connectivity index (χ1n) is 4.83. The summed E-state index contributed by atoms with van der Waals surface area (Å²) in [5.74, 6) is 1.44. The van der Waals surface area contributed by atoms with Crippen molar-refractivity contribution in [2.45, 2.75) is 24.8 Å². The van der Waals surface area contributed by atoms with E-state index in [1.54, 1.807) is 7.05 Å². The lowest BCUT2D eigenvalue weighted by molar-refractivity contribution is 0.597. The van der Waals surface area contributed by atoms with Crippen molar-refractivity contribution in [2.24, 2.45) is 13.0 Å². The van der Waals surface area contributed by atoms with Gasteiger partial charge in [0.05, 0.1) is 13.6 Å². The van der Waals surface area contributed by atoms with Crippen LogP contribution < -0.4 is 5.32 Å². The Bertz CT molecular complexity index is 296. The van der Waals surface area contributed by atoms with E-state index in [1.165, 1.54) is 17.6 Å². The summed E-state index contributed by atoms with van der Waals surface area (Å²) in [7, 11) is 1.76. The number of hydrogen-bond acceptors (Lipinski definition) is 4. The van der Waals surface area contributed by atoms with Gasteiger partial charge in [-0.05, 0) is 24.0 Å². The molecule has 1 fully saturated rings. The molecular formula is C8H14ClN5. The van der Waals surface area contributed by atoms with Crippen molar-refractivity contribution >= 4 is 11.6 Å². The molecule has 6 heteroatoms. The number of alkyl halides is 1. The molecule has 1 aliphatic carbocycles. The number of hydrogen-bond donors (Lipinski definition) is 1. The summed E-state index contributed by atoms with van der Waals surface area (Å²) in [6.07, 6.45) is 2.55. The van der Waals surface area contributed by atoms with Crippen LogP contribution in [0.3, 0.4) is 0 Å². The van der Waals surface area contributed by atoms with Gasteiger partial charge in [-0.2, -0.15) is 4.80 Å². The topological polar surface area (TPSA) is 55.6 Å². The highest BCUT2D eigenvalue weighted by Gasteiger charge is 2.29. The van der Waals surface area contributed by atoms with Crippen LogP contribution in [0.5, 0.6) is 0 Å². The van der Waals surface area contributed by atoms with E-state index in [9.17, 15) is 0 Å². The van der Waals surface area contributed by atoms with Gasteiger partial charge in [0, 0.05) is 11.9 Å². The second-order valence-electron chi connectivity index (χ2n) is 3.68. The highest BCUT2D eigenvalue weighted by Crippen LogP contribution is 2.35. The molecule has 1 N–H and O–H groups in total. The zero-order valence-electron chi connectivity index (χ0n) is 8.15. The van der Waals surface area contributed by atoms with Gasteiger partial charge in [0.25, 0.3) is 0 Å². The van der Waals surface area contributed by atoms with Crippen LogP contribution in [0.4, 0.5) is 0 Å². The molecule has 2 rings (SSSR count). The Kier molecular flexibility index (Phi) is 2.98. The largest absolute Gasteiger partial charge is 0.308 e. The van der Waals surface area contributed by atoms with Crippen molar-refractivity contribution in [3.8, 4) is 0 Å². The molecule has 0 amide bonds. The number of rotatable bonds is 5. The predicted molar refractivity (Wildman–Crippen MR) is 52.9 cm³/mol. The Morgan fingerprint density at radius 1 is 1.64 bits per heavy atom. The van der Waals surface area contributed by atoms with Crippen LogP contribution in [0.2, 0.25) is 0 Å². The summed E-state index contributed by atoms with van der Waals surface area (Å²) in [5.41, 5.74) is 0. The summed E-state index contributed by atoms with van der Waals surface area (Å²) in [5, 5.41) is 15.2. The van der Waals surface area contributed by atoms with Crippen molar-refractivity contribution in [3.63, 3.8) is 0 Å². The van der Waals surface area contributed by atoms with Gasteiger partial charge in [-0.25, -0.2) is 0 Å². The molecule has 1 atom stereocenters. The van der Waals surface area contributed by atoms with Crippen LogP contribution in [0.15, 0.2) is 0 Å². The van der Waals surface area contributed by atoms with Crippen molar-refractivity contribution in [1.29, 1.82) is 0 Å². The minimum Gasteiger partial charge on any atom is -0.308 e. The maximum Gasteiger partial charge on any atom is 0.188 e. The number of tetrazole rings is 1. The van der Waals surface area contributed by atoms with E-state index in [4.69, 9.17) is 11.6 Å². The van der Waals surface area contributed by atoms with Gasteiger partial charge in [0.1, 0.15) is 0 Å². The number of nitrogens with zero attached hydrogens (tertiary/aromatic N) is 4. The first kappa shape index (κ1) is 9.86. The quantitative estimate of drug-likeness (QED) is 0.719. The molecule has 1 saturated carbocycles. The molecule has 0 saturated heterocycles. The van der Waals surface area contributed by atoms with Gasteiger partial charge in [-0.1, -0.05) is 0 Å².